The van der Waals surface area contributed by atoms with Gasteiger partial charge in [0.05, 0.1) is 13.7 Å². The number of aromatic nitrogens is 1. The van der Waals surface area contributed by atoms with Crippen LogP contribution < -0.4 is 15.2 Å². The Labute approximate surface area is 127 Å². The highest BCUT2D eigenvalue weighted by Crippen LogP contribution is 2.33. The van der Waals surface area contributed by atoms with Crippen molar-refractivity contribution in [1.82, 2.24) is 4.98 Å². The summed E-state index contributed by atoms with van der Waals surface area (Å²) in [6, 6.07) is 5.75. The molecule has 1 aromatic heterocycles. The molecule has 0 spiro atoms. The zero-order valence-corrected chi connectivity index (χ0v) is 13.0. The van der Waals surface area contributed by atoms with E-state index in [2.05, 4.69) is 11.9 Å². The largest absolute Gasteiger partial charge is 0.493 e. The van der Waals surface area contributed by atoms with Crippen LogP contribution in [0.15, 0.2) is 23.6 Å². The number of nitrogens with two attached hydrogens (primary N) is 1. The molecule has 2 aromatic rings. The topological polar surface area (TPSA) is 57.4 Å². The molecule has 0 saturated carbocycles. The monoisotopic (exact) mass is 308 g/mol. The van der Waals surface area contributed by atoms with Crippen molar-refractivity contribution < 1.29 is 9.47 Å². The Morgan fingerprint density at radius 1 is 1.40 bits per heavy atom. The van der Waals surface area contributed by atoms with E-state index < -0.39 is 0 Å². The van der Waals surface area contributed by atoms with Gasteiger partial charge in [-0.15, -0.1) is 11.3 Å². The van der Waals surface area contributed by atoms with Gasteiger partial charge >= 0.3 is 0 Å². The van der Waals surface area contributed by atoms with Crippen molar-refractivity contribution in [3.05, 3.63) is 29.3 Å². The summed E-state index contributed by atoms with van der Waals surface area (Å²) in [4.78, 5) is 4.72. The van der Waals surface area contributed by atoms with Gasteiger partial charge in [0.25, 0.3) is 0 Å². The van der Waals surface area contributed by atoms with Crippen molar-refractivity contribution in [2.75, 3.05) is 13.7 Å². The second kappa shape index (κ2) is 6.67. The molecule has 0 amide bonds. The van der Waals surface area contributed by atoms with Crippen LogP contribution in [0.2, 0.25) is 0 Å². The van der Waals surface area contributed by atoms with Crippen LogP contribution in [0.3, 0.4) is 0 Å². The molecular weight excluding hydrogens is 292 g/mol. The molecule has 0 unspecified atom stereocenters. The molecule has 0 saturated heterocycles. The van der Waals surface area contributed by atoms with E-state index in [1.54, 1.807) is 7.11 Å². The quantitative estimate of drug-likeness (QED) is 0.830. The third-order valence-electron chi connectivity index (χ3n) is 2.63. The lowest BCUT2D eigenvalue weighted by Crippen LogP contribution is -2.09. The zero-order valence-electron chi connectivity index (χ0n) is 11.4. The number of methoxy groups -OCH3 is 1. The molecule has 0 atom stereocenters. The summed E-state index contributed by atoms with van der Waals surface area (Å²) in [5, 5.41) is 2.71. The number of rotatable bonds is 6. The Kier molecular flexibility index (Phi) is 4.92. The summed E-state index contributed by atoms with van der Waals surface area (Å²) in [6.45, 7) is 2.71. The Bertz CT molecular complexity index is 611. The van der Waals surface area contributed by atoms with Gasteiger partial charge in [-0.2, -0.15) is 0 Å². The first-order valence-corrected chi connectivity index (χ1v) is 7.51. The third kappa shape index (κ3) is 3.26. The molecule has 106 valence electrons. The van der Waals surface area contributed by atoms with Crippen LogP contribution in [0.25, 0.3) is 10.6 Å². The van der Waals surface area contributed by atoms with Gasteiger partial charge in [-0.3, -0.25) is 0 Å². The highest BCUT2D eigenvalue weighted by Gasteiger charge is 2.11. The van der Waals surface area contributed by atoms with Crippen molar-refractivity contribution in [2.24, 2.45) is 5.73 Å². The van der Waals surface area contributed by atoms with Gasteiger partial charge in [0.1, 0.15) is 15.7 Å². The number of nitrogens with zero attached hydrogens (tertiary/aromatic N) is 1. The molecule has 0 aliphatic heterocycles. The summed E-state index contributed by atoms with van der Waals surface area (Å²) in [7, 11) is 1.63. The van der Waals surface area contributed by atoms with Gasteiger partial charge < -0.3 is 15.2 Å². The number of hydrogen-bond donors (Lipinski definition) is 1. The van der Waals surface area contributed by atoms with Gasteiger partial charge in [0.15, 0.2) is 11.5 Å². The summed E-state index contributed by atoms with van der Waals surface area (Å²) in [5.74, 6) is 1.44. The lowest BCUT2D eigenvalue weighted by Gasteiger charge is -2.10. The lowest BCUT2D eigenvalue weighted by atomic mass is 10.2. The van der Waals surface area contributed by atoms with E-state index >= 15 is 0 Å². The van der Waals surface area contributed by atoms with Crippen molar-refractivity contribution in [1.29, 1.82) is 0 Å². The average Bonchev–Trinajstić information content (AvgIpc) is 2.94. The van der Waals surface area contributed by atoms with Crippen molar-refractivity contribution >= 4 is 28.5 Å². The Balaban J connectivity index is 2.33. The SMILES string of the molecule is CCCOc1cc(-c2nc(C(N)=S)cs2)ccc1OC. The van der Waals surface area contributed by atoms with E-state index in [1.165, 1.54) is 11.3 Å². The smallest absolute Gasteiger partial charge is 0.161 e. The molecule has 1 heterocycles. The Hall–Kier alpha value is -1.66. The second-order valence-corrected chi connectivity index (χ2v) is 5.41. The first-order valence-electron chi connectivity index (χ1n) is 6.22. The minimum Gasteiger partial charge on any atom is -0.493 e. The highest BCUT2D eigenvalue weighted by molar-refractivity contribution is 7.80. The maximum atomic E-state index is 5.69. The predicted molar refractivity (Wildman–Crippen MR) is 85.8 cm³/mol. The zero-order chi connectivity index (χ0) is 14.5. The standard InChI is InChI=1S/C14H16N2O2S2/c1-3-6-18-12-7-9(4-5-11(12)17-2)14-16-10(8-20-14)13(15)19/h4-5,7-8H,3,6H2,1-2H3,(H2,15,19). The number of hydrogen-bond acceptors (Lipinski definition) is 5. The fourth-order valence-corrected chi connectivity index (χ4v) is 2.65. The van der Waals surface area contributed by atoms with Crippen LogP contribution in [0.1, 0.15) is 19.0 Å². The van der Waals surface area contributed by atoms with Crippen molar-refractivity contribution in [3.8, 4) is 22.1 Å². The third-order valence-corrected chi connectivity index (χ3v) is 3.73. The Morgan fingerprint density at radius 3 is 2.80 bits per heavy atom. The lowest BCUT2D eigenvalue weighted by molar-refractivity contribution is 0.294. The molecule has 1 aromatic carbocycles. The molecule has 0 aliphatic carbocycles. The Morgan fingerprint density at radius 2 is 2.20 bits per heavy atom. The molecule has 0 bridgehead atoms. The van der Waals surface area contributed by atoms with E-state index in [9.17, 15) is 0 Å². The maximum Gasteiger partial charge on any atom is 0.161 e. The van der Waals surface area contributed by atoms with Crippen LogP contribution in [0, 0.1) is 0 Å². The first kappa shape index (κ1) is 14.7. The predicted octanol–water partition coefficient (Wildman–Crippen LogP) is 3.24. The number of thiazole rings is 1. The second-order valence-electron chi connectivity index (χ2n) is 4.12. The van der Waals surface area contributed by atoms with Crippen LogP contribution >= 0.6 is 23.6 Å². The van der Waals surface area contributed by atoms with Crippen LogP contribution in [0.5, 0.6) is 11.5 Å². The fraction of sp³-hybridized carbons (Fsp3) is 0.286. The summed E-state index contributed by atoms with van der Waals surface area (Å²) in [6.07, 6.45) is 0.941. The van der Waals surface area contributed by atoms with Crippen molar-refractivity contribution in [2.45, 2.75) is 13.3 Å². The van der Waals surface area contributed by atoms with Gasteiger partial charge in [-0.25, -0.2) is 4.98 Å². The minimum absolute atomic E-state index is 0.309. The van der Waals surface area contributed by atoms with E-state index in [0.717, 1.165) is 22.7 Å². The van der Waals surface area contributed by atoms with E-state index in [4.69, 9.17) is 27.4 Å². The fourth-order valence-electron chi connectivity index (χ4n) is 1.65. The molecule has 4 nitrogen and oxygen atoms in total. The summed E-state index contributed by atoms with van der Waals surface area (Å²) >= 11 is 6.43. The molecule has 0 aliphatic rings. The molecule has 2 rings (SSSR count). The molecular formula is C14H16N2O2S2. The van der Waals surface area contributed by atoms with Crippen LogP contribution in [-0.2, 0) is 0 Å². The van der Waals surface area contributed by atoms with Crippen LogP contribution in [0.4, 0.5) is 0 Å². The summed E-state index contributed by atoms with van der Waals surface area (Å²) < 4.78 is 11.0. The average molecular weight is 308 g/mol. The molecule has 0 fully saturated rings. The first-order chi connectivity index (χ1) is 9.65. The summed E-state index contributed by atoms with van der Waals surface area (Å²) in [5.41, 5.74) is 7.18. The molecule has 20 heavy (non-hydrogen) atoms. The van der Waals surface area contributed by atoms with Crippen LogP contribution in [-0.4, -0.2) is 23.7 Å². The van der Waals surface area contributed by atoms with E-state index in [1.807, 2.05) is 23.6 Å². The molecule has 0 radical (unpaired) electrons. The van der Waals surface area contributed by atoms with Gasteiger partial charge in [0.2, 0.25) is 0 Å². The minimum atomic E-state index is 0.309. The number of ether oxygens (including phenoxy) is 2. The normalized spacial score (nSPS) is 10.3. The number of benzene rings is 1. The van der Waals surface area contributed by atoms with Gasteiger partial charge in [-0.05, 0) is 24.6 Å². The molecule has 2 N–H and O–H groups in total. The van der Waals surface area contributed by atoms with Gasteiger partial charge in [0, 0.05) is 10.9 Å². The number of thiocarbonyl (C=S) groups is 1. The molecule has 6 heteroatoms. The van der Waals surface area contributed by atoms with Crippen molar-refractivity contribution in [3.63, 3.8) is 0 Å². The highest BCUT2D eigenvalue weighted by atomic mass is 32.1. The van der Waals surface area contributed by atoms with E-state index in [0.29, 0.717) is 23.0 Å². The maximum absolute atomic E-state index is 5.69. The van der Waals surface area contributed by atoms with Gasteiger partial charge in [-0.1, -0.05) is 19.1 Å². The van der Waals surface area contributed by atoms with E-state index in [-0.39, 0.29) is 0 Å².